The van der Waals surface area contributed by atoms with Gasteiger partial charge in [-0.1, -0.05) is 25.4 Å². The number of halogens is 1. The van der Waals surface area contributed by atoms with Crippen molar-refractivity contribution in [3.8, 4) is 17.0 Å². The number of carbonyl (C=O) groups is 1. The van der Waals surface area contributed by atoms with E-state index in [-0.39, 0.29) is 11.8 Å². The van der Waals surface area contributed by atoms with E-state index in [9.17, 15) is 4.79 Å². The Morgan fingerprint density at radius 3 is 2.71 bits per heavy atom. The SMILES string of the molecule is CNCC(=O)N1CCN(c2ncc3[nH]c(-c4cc(OC)c5ncnn5c4)c(C(C)C)c3c2Cl)CC1. The molecule has 1 fully saturated rings. The van der Waals surface area contributed by atoms with Crippen LogP contribution < -0.4 is 15.0 Å². The summed E-state index contributed by atoms with van der Waals surface area (Å²) in [4.78, 5) is 28.8. The van der Waals surface area contributed by atoms with E-state index in [1.807, 2.05) is 23.4 Å². The zero-order valence-electron chi connectivity index (χ0n) is 20.3. The highest BCUT2D eigenvalue weighted by Gasteiger charge is 2.26. The van der Waals surface area contributed by atoms with E-state index in [1.54, 1.807) is 18.7 Å². The third-order valence-corrected chi connectivity index (χ3v) is 6.84. The highest BCUT2D eigenvalue weighted by atomic mass is 35.5. The van der Waals surface area contributed by atoms with Crippen LogP contribution in [0, 0.1) is 0 Å². The van der Waals surface area contributed by atoms with Crippen LogP contribution in [-0.4, -0.2) is 82.3 Å². The molecule has 5 heterocycles. The smallest absolute Gasteiger partial charge is 0.236 e. The summed E-state index contributed by atoms with van der Waals surface area (Å²) in [7, 11) is 3.41. The lowest BCUT2D eigenvalue weighted by Crippen LogP contribution is -2.50. The van der Waals surface area contributed by atoms with Gasteiger partial charge in [0.25, 0.3) is 0 Å². The predicted molar refractivity (Wildman–Crippen MR) is 136 cm³/mol. The van der Waals surface area contributed by atoms with Crippen LogP contribution >= 0.6 is 11.6 Å². The molecule has 5 rings (SSSR count). The van der Waals surface area contributed by atoms with E-state index in [0.29, 0.717) is 49.1 Å². The number of piperazine rings is 1. The predicted octanol–water partition coefficient (Wildman–Crippen LogP) is 2.93. The molecule has 2 N–H and O–H groups in total. The number of anilines is 1. The number of hydrogen-bond acceptors (Lipinski definition) is 7. The van der Waals surface area contributed by atoms with Crippen molar-refractivity contribution in [2.24, 2.45) is 0 Å². The van der Waals surface area contributed by atoms with E-state index in [4.69, 9.17) is 21.3 Å². The van der Waals surface area contributed by atoms with Crippen LogP contribution in [0.3, 0.4) is 0 Å². The Morgan fingerprint density at radius 1 is 1.26 bits per heavy atom. The average molecular weight is 497 g/mol. The van der Waals surface area contributed by atoms with Gasteiger partial charge in [0.05, 0.1) is 36.1 Å². The van der Waals surface area contributed by atoms with Crippen molar-refractivity contribution >= 4 is 39.9 Å². The molecule has 4 aromatic heterocycles. The fraction of sp³-hybridized carbons (Fsp3) is 0.417. The van der Waals surface area contributed by atoms with Gasteiger partial charge in [0.1, 0.15) is 12.1 Å². The number of nitrogens with zero attached hydrogens (tertiary/aromatic N) is 6. The zero-order valence-corrected chi connectivity index (χ0v) is 21.1. The number of fused-ring (bicyclic) bond motifs is 2. The topological polar surface area (TPSA) is 104 Å². The van der Waals surface area contributed by atoms with Crippen molar-refractivity contribution < 1.29 is 9.53 Å². The number of aromatic nitrogens is 5. The summed E-state index contributed by atoms with van der Waals surface area (Å²) in [6.07, 6.45) is 5.29. The Hall–Kier alpha value is -3.37. The molecule has 1 saturated heterocycles. The monoisotopic (exact) mass is 496 g/mol. The van der Waals surface area contributed by atoms with E-state index in [2.05, 4.69) is 39.1 Å². The first-order valence-electron chi connectivity index (χ1n) is 11.7. The maximum absolute atomic E-state index is 12.2. The van der Waals surface area contributed by atoms with E-state index < -0.39 is 0 Å². The number of methoxy groups -OCH3 is 1. The Morgan fingerprint density at radius 2 is 2.03 bits per heavy atom. The molecule has 0 bridgehead atoms. The molecule has 184 valence electrons. The van der Waals surface area contributed by atoms with Crippen molar-refractivity contribution in [2.45, 2.75) is 19.8 Å². The molecule has 0 unspecified atom stereocenters. The third-order valence-electron chi connectivity index (χ3n) is 6.49. The minimum atomic E-state index is 0.110. The number of pyridine rings is 2. The lowest BCUT2D eigenvalue weighted by atomic mass is 9.97. The number of rotatable bonds is 6. The minimum absolute atomic E-state index is 0.110. The van der Waals surface area contributed by atoms with Gasteiger partial charge in [0.15, 0.2) is 11.4 Å². The summed E-state index contributed by atoms with van der Waals surface area (Å²) in [5, 5.41) is 8.81. The third kappa shape index (κ3) is 4.06. The summed E-state index contributed by atoms with van der Waals surface area (Å²) in [6.45, 7) is 7.30. The van der Waals surface area contributed by atoms with Gasteiger partial charge in [0, 0.05) is 43.3 Å². The van der Waals surface area contributed by atoms with Gasteiger partial charge >= 0.3 is 0 Å². The van der Waals surface area contributed by atoms with E-state index >= 15 is 0 Å². The first-order valence-corrected chi connectivity index (χ1v) is 12.1. The Balaban J connectivity index is 1.55. The lowest BCUT2D eigenvalue weighted by molar-refractivity contribution is -0.130. The van der Waals surface area contributed by atoms with Crippen molar-refractivity contribution in [3.05, 3.63) is 35.4 Å². The Kier molecular flexibility index (Phi) is 6.24. The zero-order chi connectivity index (χ0) is 24.7. The van der Waals surface area contributed by atoms with Gasteiger partial charge in [-0.05, 0) is 24.6 Å². The van der Waals surface area contributed by atoms with Crippen LogP contribution in [0.1, 0.15) is 25.3 Å². The molecule has 0 radical (unpaired) electrons. The van der Waals surface area contributed by atoms with Gasteiger partial charge < -0.3 is 24.8 Å². The molecule has 1 aliphatic rings. The van der Waals surface area contributed by atoms with Crippen molar-refractivity contribution in [3.63, 3.8) is 0 Å². The van der Waals surface area contributed by atoms with E-state index in [1.165, 1.54) is 6.33 Å². The second-order valence-corrected chi connectivity index (χ2v) is 9.35. The normalized spacial score (nSPS) is 14.5. The van der Waals surface area contributed by atoms with Crippen LogP contribution in [0.4, 0.5) is 5.82 Å². The first-order chi connectivity index (χ1) is 16.9. The minimum Gasteiger partial charge on any atom is -0.493 e. The van der Waals surface area contributed by atoms with Crippen LogP contribution in [0.2, 0.25) is 5.02 Å². The van der Waals surface area contributed by atoms with E-state index in [0.717, 1.165) is 33.5 Å². The molecule has 35 heavy (non-hydrogen) atoms. The van der Waals surface area contributed by atoms with Gasteiger partial charge in [-0.3, -0.25) is 4.79 Å². The molecule has 0 saturated carbocycles. The molecule has 1 amide bonds. The molecule has 1 aliphatic heterocycles. The quantitative estimate of drug-likeness (QED) is 0.423. The summed E-state index contributed by atoms with van der Waals surface area (Å²) in [5.74, 6) is 1.69. The summed E-state index contributed by atoms with van der Waals surface area (Å²) < 4.78 is 7.28. The summed E-state index contributed by atoms with van der Waals surface area (Å²) in [5.41, 5.74) is 4.52. The largest absolute Gasteiger partial charge is 0.493 e. The maximum Gasteiger partial charge on any atom is 0.236 e. The van der Waals surface area contributed by atoms with Crippen molar-refractivity contribution in [2.75, 3.05) is 51.8 Å². The molecule has 0 aromatic carbocycles. The van der Waals surface area contributed by atoms with Crippen LogP contribution in [0.15, 0.2) is 24.8 Å². The fourth-order valence-corrected chi connectivity index (χ4v) is 5.17. The number of ether oxygens (including phenoxy) is 1. The fourth-order valence-electron chi connectivity index (χ4n) is 4.80. The van der Waals surface area contributed by atoms with Gasteiger partial charge in [-0.25, -0.2) is 14.5 Å². The van der Waals surface area contributed by atoms with Crippen LogP contribution in [-0.2, 0) is 4.79 Å². The highest BCUT2D eigenvalue weighted by molar-refractivity contribution is 6.38. The number of H-pyrrole nitrogens is 1. The molecule has 4 aromatic rings. The number of nitrogens with one attached hydrogen (secondary N) is 2. The average Bonchev–Trinajstić information content (AvgIpc) is 3.49. The Labute approximate surface area is 208 Å². The molecule has 0 atom stereocenters. The van der Waals surface area contributed by atoms with Gasteiger partial charge in [0.2, 0.25) is 5.91 Å². The molecule has 0 aliphatic carbocycles. The number of aromatic amines is 1. The maximum atomic E-state index is 12.2. The Bertz CT molecular complexity index is 1390. The van der Waals surface area contributed by atoms with Crippen molar-refractivity contribution in [1.29, 1.82) is 0 Å². The second-order valence-electron chi connectivity index (χ2n) is 8.98. The van der Waals surface area contributed by atoms with Gasteiger partial charge in [-0.15, -0.1) is 0 Å². The number of likely N-dealkylation sites (N-methyl/N-ethyl adjacent to an activating group) is 1. The molecular weight excluding hydrogens is 468 g/mol. The van der Waals surface area contributed by atoms with Gasteiger partial charge in [-0.2, -0.15) is 5.10 Å². The molecular formula is C24H29ClN8O2. The number of amides is 1. The van der Waals surface area contributed by atoms with Crippen LogP contribution in [0.25, 0.3) is 27.8 Å². The highest BCUT2D eigenvalue weighted by Crippen LogP contribution is 2.42. The molecule has 11 heteroatoms. The first kappa shape index (κ1) is 23.4. The lowest BCUT2D eigenvalue weighted by Gasteiger charge is -2.35. The second kappa shape index (κ2) is 9.35. The van der Waals surface area contributed by atoms with Crippen LogP contribution in [0.5, 0.6) is 5.75 Å². The summed E-state index contributed by atoms with van der Waals surface area (Å²) in [6, 6.07) is 1.96. The molecule has 0 spiro atoms. The molecule has 10 nitrogen and oxygen atoms in total. The number of carbonyl (C=O) groups excluding carboxylic acids is 1. The van der Waals surface area contributed by atoms with Crippen molar-refractivity contribution in [1.82, 2.24) is 34.8 Å². The summed E-state index contributed by atoms with van der Waals surface area (Å²) >= 11 is 7.04. The standard InChI is InChI=1S/C24H29ClN8O2/c1-14(2)19-20-16(30-22(19)15-9-17(35-4)23-28-13-29-33(23)12-15)10-27-24(21(20)25)32-7-5-31(6-8-32)18(34)11-26-3/h9-10,12-14,26,30H,5-8,11H2,1-4H3. The number of hydrogen-bond donors (Lipinski definition) is 2.